The minimum atomic E-state index is 0.757. The number of nitrogens with zero attached hydrogens (tertiary/aromatic N) is 2. The molecule has 60 valence electrons. The zero-order chi connectivity index (χ0) is 8.55. The van der Waals surface area contributed by atoms with Gasteiger partial charge in [0.05, 0.1) is 4.47 Å². The molecule has 0 bridgehead atoms. The Balaban J connectivity index is 2.84. The van der Waals surface area contributed by atoms with Gasteiger partial charge < -0.3 is 0 Å². The highest BCUT2D eigenvalue weighted by molar-refractivity contribution is 9.13. The Kier molecular flexibility index (Phi) is 2.11. The first-order valence-corrected chi connectivity index (χ1v) is 4.93. The molecule has 0 aromatic carbocycles. The number of fused-ring (bicyclic) bond motifs is 1. The topological polar surface area (TPSA) is 25.8 Å². The minimum absolute atomic E-state index is 0.757. The fraction of sp³-hybridized carbons (Fsp3) is 0. The second-order valence-electron chi connectivity index (χ2n) is 2.31. The number of hydrogen-bond acceptors (Lipinski definition) is 2. The van der Waals surface area contributed by atoms with Crippen molar-refractivity contribution < 1.29 is 0 Å². The van der Waals surface area contributed by atoms with E-state index >= 15 is 0 Å². The monoisotopic (exact) mass is 286 g/mol. The zero-order valence-corrected chi connectivity index (χ0v) is 9.13. The molecule has 2 rings (SSSR count). The normalized spacial score (nSPS) is 10.5. The van der Waals surface area contributed by atoms with Gasteiger partial charge in [0, 0.05) is 11.6 Å². The lowest BCUT2D eigenvalue weighted by Gasteiger charge is -1.97. The molecular formula is C8H4Br2N2. The molecule has 0 saturated carbocycles. The number of pyridine rings is 2. The van der Waals surface area contributed by atoms with Crippen molar-refractivity contribution in [3.05, 3.63) is 33.5 Å². The summed E-state index contributed by atoms with van der Waals surface area (Å²) in [6.45, 7) is 0. The van der Waals surface area contributed by atoms with Gasteiger partial charge in [-0.3, -0.25) is 0 Å². The molecule has 0 radical (unpaired) electrons. The SMILES string of the molecule is Brc1cc2cccnc2nc1Br. The fourth-order valence-corrected chi connectivity index (χ4v) is 1.58. The maximum absolute atomic E-state index is 4.23. The van der Waals surface area contributed by atoms with Gasteiger partial charge in [0.25, 0.3) is 0 Å². The number of halogens is 2. The van der Waals surface area contributed by atoms with Crippen molar-refractivity contribution in [2.45, 2.75) is 0 Å². The summed E-state index contributed by atoms with van der Waals surface area (Å²) in [6.07, 6.45) is 1.73. The summed E-state index contributed by atoms with van der Waals surface area (Å²) < 4.78 is 1.73. The molecule has 0 spiro atoms. The molecule has 0 unspecified atom stereocenters. The van der Waals surface area contributed by atoms with E-state index in [-0.39, 0.29) is 0 Å². The van der Waals surface area contributed by atoms with E-state index in [1.807, 2.05) is 18.2 Å². The van der Waals surface area contributed by atoms with Crippen molar-refractivity contribution in [2.75, 3.05) is 0 Å². The number of aromatic nitrogens is 2. The maximum Gasteiger partial charge on any atom is 0.160 e. The quantitative estimate of drug-likeness (QED) is 0.696. The van der Waals surface area contributed by atoms with Crippen LogP contribution in [0.15, 0.2) is 33.5 Å². The van der Waals surface area contributed by atoms with Gasteiger partial charge in [0.2, 0.25) is 0 Å². The van der Waals surface area contributed by atoms with Gasteiger partial charge in [-0.25, -0.2) is 9.97 Å². The first kappa shape index (κ1) is 8.13. The van der Waals surface area contributed by atoms with Crippen LogP contribution < -0.4 is 0 Å². The van der Waals surface area contributed by atoms with E-state index < -0.39 is 0 Å². The Labute approximate surface area is 86.3 Å². The van der Waals surface area contributed by atoms with Crippen LogP contribution in [0.3, 0.4) is 0 Å². The molecule has 2 heterocycles. The van der Waals surface area contributed by atoms with Crippen LogP contribution in [0.1, 0.15) is 0 Å². The standard InChI is InChI=1S/C8H4Br2N2/c9-6-4-5-2-1-3-11-8(5)12-7(6)10/h1-4H. The van der Waals surface area contributed by atoms with Crippen molar-refractivity contribution in [2.24, 2.45) is 0 Å². The van der Waals surface area contributed by atoms with Crippen LogP contribution in [0.5, 0.6) is 0 Å². The highest BCUT2D eigenvalue weighted by Crippen LogP contribution is 2.23. The van der Waals surface area contributed by atoms with Crippen LogP contribution in [0.2, 0.25) is 0 Å². The molecule has 0 atom stereocenters. The van der Waals surface area contributed by atoms with E-state index in [1.165, 1.54) is 0 Å². The van der Waals surface area contributed by atoms with Gasteiger partial charge >= 0.3 is 0 Å². The third-order valence-electron chi connectivity index (χ3n) is 1.50. The predicted molar refractivity (Wildman–Crippen MR) is 54.9 cm³/mol. The maximum atomic E-state index is 4.23. The van der Waals surface area contributed by atoms with Crippen LogP contribution in [0, 0.1) is 0 Å². The summed E-state index contributed by atoms with van der Waals surface area (Å²) in [6, 6.07) is 5.86. The molecule has 0 N–H and O–H groups in total. The van der Waals surface area contributed by atoms with Gasteiger partial charge in [-0.05, 0) is 50.1 Å². The molecule has 0 aliphatic rings. The molecule has 2 aromatic heterocycles. The van der Waals surface area contributed by atoms with Crippen molar-refractivity contribution in [1.82, 2.24) is 9.97 Å². The van der Waals surface area contributed by atoms with Gasteiger partial charge in [-0.2, -0.15) is 0 Å². The highest BCUT2D eigenvalue weighted by Gasteiger charge is 2.00. The van der Waals surface area contributed by atoms with E-state index in [2.05, 4.69) is 41.8 Å². The largest absolute Gasteiger partial charge is 0.237 e. The lowest BCUT2D eigenvalue weighted by molar-refractivity contribution is 1.24. The molecule has 0 saturated heterocycles. The average Bonchev–Trinajstić information content (AvgIpc) is 2.07. The van der Waals surface area contributed by atoms with Crippen LogP contribution in [0.4, 0.5) is 0 Å². The molecule has 2 nitrogen and oxygen atoms in total. The molecule has 0 aliphatic heterocycles. The molecule has 2 aromatic rings. The van der Waals surface area contributed by atoms with Crippen LogP contribution in [0.25, 0.3) is 11.0 Å². The first-order valence-electron chi connectivity index (χ1n) is 3.34. The third kappa shape index (κ3) is 1.36. The molecule has 0 amide bonds. The van der Waals surface area contributed by atoms with Crippen molar-refractivity contribution in [3.8, 4) is 0 Å². The van der Waals surface area contributed by atoms with Crippen LogP contribution in [-0.2, 0) is 0 Å². The Morgan fingerprint density at radius 1 is 1.25 bits per heavy atom. The lowest BCUT2D eigenvalue weighted by atomic mass is 10.3. The first-order chi connectivity index (χ1) is 5.77. The summed E-state index contributed by atoms with van der Waals surface area (Å²) in [7, 11) is 0. The number of hydrogen-bond donors (Lipinski definition) is 0. The summed E-state index contributed by atoms with van der Waals surface area (Å²) >= 11 is 6.70. The van der Waals surface area contributed by atoms with Crippen molar-refractivity contribution >= 4 is 42.9 Å². The van der Waals surface area contributed by atoms with Gasteiger partial charge in [0.15, 0.2) is 5.65 Å². The minimum Gasteiger partial charge on any atom is -0.237 e. The molecule has 4 heteroatoms. The Morgan fingerprint density at radius 3 is 2.92 bits per heavy atom. The molecule has 12 heavy (non-hydrogen) atoms. The van der Waals surface area contributed by atoms with E-state index in [0.29, 0.717) is 0 Å². The Morgan fingerprint density at radius 2 is 2.08 bits per heavy atom. The molecule has 0 fully saturated rings. The van der Waals surface area contributed by atoms with Crippen LogP contribution >= 0.6 is 31.9 Å². The fourth-order valence-electron chi connectivity index (χ4n) is 0.958. The van der Waals surface area contributed by atoms with Crippen LogP contribution in [-0.4, -0.2) is 9.97 Å². The zero-order valence-electron chi connectivity index (χ0n) is 5.96. The Bertz CT molecular complexity index is 388. The Hall–Kier alpha value is -0.480. The highest BCUT2D eigenvalue weighted by atomic mass is 79.9. The third-order valence-corrected chi connectivity index (χ3v) is 3.24. The second-order valence-corrected chi connectivity index (χ2v) is 3.92. The van der Waals surface area contributed by atoms with E-state index in [9.17, 15) is 0 Å². The number of rotatable bonds is 0. The predicted octanol–water partition coefficient (Wildman–Crippen LogP) is 3.15. The molecular weight excluding hydrogens is 284 g/mol. The average molecular weight is 288 g/mol. The molecule has 0 aliphatic carbocycles. The van der Waals surface area contributed by atoms with E-state index in [1.54, 1.807) is 6.20 Å². The van der Waals surface area contributed by atoms with E-state index in [0.717, 1.165) is 20.1 Å². The second kappa shape index (κ2) is 3.11. The van der Waals surface area contributed by atoms with Crippen molar-refractivity contribution in [1.29, 1.82) is 0 Å². The summed E-state index contributed by atoms with van der Waals surface area (Å²) in [5, 5.41) is 1.03. The van der Waals surface area contributed by atoms with Crippen molar-refractivity contribution in [3.63, 3.8) is 0 Å². The summed E-state index contributed by atoms with van der Waals surface area (Å²) in [5.41, 5.74) is 0.757. The smallest absolute Gasteiger partial charge is 0.160 e. The lowest BCUT2D eigenvalue weighted by Crippen LogP contribution is -1.84. The van der Waals surface area contributed by atoms with E-state index in [4.69, 9.17) is 0 Å². The van der Waals surface area contributed by atoms with Gasteiger partial charge in [-0.1, -0.05) is 0 Å². The summed E-state index contributed by atoms with van der Waals surface area (Å²) in [4.78, 5) is 8.36. The van der Waals surface area contributed by atoms with Gasteiger partial charge in [0.1, 0.15) is 4.60 Å². The summed E-state index contributed by atoms with van der Waals surface area (Å²) in [5.74, 6) is 0. The van der Waals surface area contributed by atoms with Gasteiger partial charge in [-0.15, -0.1) is 0 Å².